The minimum absolute atomic E-state index is 0.00436. The molecule has 1 amide bonds. The Hall–Kier alpha value is -0.910. The van der Waals surface area contributed by atoms with Crippen LogP contribution < -0.4 is 0 Å². The van der Waals surface area contributed by atoms with Crippen LogP contribution in [0.15, 0.2) is 17.5 Å². The van der Waals surface area contributed by atoms with Gasteiger partial charge in [-0.2, -0.15) is 0 Å². The summed E-state index contributed by atoms with van der Waals surface area (Å²) < 4.78 is 5.40. The molecular weight excluding hydrogens is 284 g/mol. The number of hydrogen-bond acceptors (Lipinski definition) is 4. The predicted molar refractivity (Wildman–Crippen MR) is 84.7 cm³/mol. The third-order valence-electron chi connectivity index (χ3n) is 4.57. The van der Waals surface area contributed by atoms with Crippen LogP contribution in [-0.4, -0.2) is 61.1 Å². The van der Waals surface area contributed by atoms with Gasteiger partial charge in [0, 0.05) is 37.1 Å². The molecule has 0 radical (unpaired) electrons. The number of nitrogens with zero attached hydrogens (tertiary/aromatic N) is 2. The van der Waals surface area contributed by atoms with Crippen molar-refractivity contribution in [2.24, 2.45) is 0 Å². The lowest BCUT2D eigenvalue weighted by atomic mass is 10.1. The van der Waals surface area contributed by atoms with E-state index in [1.807, 2.05) is 18.4 Å². The van der Waals surface area contributed by atoms with Crippen molar-refractivity contribution < 1.29 is 9.53 Å². The molecule has 3 rings (SSSR count). The second kappa shape index (κ2) is 6.90. The highest BCUT2D eigenvalue weighted by Crippen LogP contribution is 2.27. The smallest absolute Gasteiger partial charge is 0.230 e. The van der Waals surface area contributed by atoms with Gasteiger partial charge >= 0.3 is 0 Å². The van der Waals surface area contributed by atoms with Crippen molar-refractivity contribution in [3.05, 3.63) is 22.4 Å². The molecule has 0 bridgehead atoms. The van der Waals surface area contributed by atoms with E-state index in [2.05, 4.69) is 15.9 Å². The highest BCUT2D eigenvalue weighted by molar-refractivity contribution is 7.10. The Morgan fingerprint density at radius 3 is 2.95 bits per heavy atom. The minimum Gasteiger partial charge on any atom is -0.379 e. The van der Waals surface area contributed by atoms with Crippen LogP contribution in [0.4, 0.5) is 0 Å². The number of carbonyl (C=O) groups excluding carboxylic acids is 1. The van der Waals surface area contributed by atoms with Crippen molar-refractivity contribution in [3.8, 4) is 0 Å². The molecule has 0 N–H and O–H groups in total. The third kappa shape index (κ3) is 3.47. The lowest BCUT2D eigenvalue weighted by Gasteiger charge is -2.33. The maximum absolute atomic E-state index is 12.8. The van der Waals surface area contributed by atoms with Gasteiger partial charge in [0.15, 0.2) is 0 Å². The molecule has 2 unspecified atom stereocenters. The van der Waals surface area contributed by atoms with Gasteiger partial charge in [-0.05, 0) is 31.2 Å². The van der Waals surface area contributed by atoms with Crippen molar-refractivity contribution in [1.82, 2.24) is 9.80 Å². The fraction of sp³-hybridized carbons (Fsp3) is 0.688. The Labute approximate surface area is 130 Å². The van der Waals surface area contributed by atoms with E-state index in [1.165, 1.54) is 4.88 Å². The standard InChI is InChI=1S/C16H24N2O2S/c1-13(15-5-3-11-21-15)16(19)18-6-2-4-14(18)12-17-7-9-20-10-8-17/h3,5,11,13-14H,2,4,6-10,12H2,1H3. The lowest BCUT2D eigenvalue weighted by Crippen LogP contribution is -2.47. The minimum atomic E-state index is -0.00436. The van der Waals surface area contributed by atoms with Gasteiger partial charge in [0.1, 0.15) is 0 Å². The monoisotopic (exact) mass is 308 g/mol. The molecule has 2 fully saturated rings. The van der Waals surface area contributed by atoms with E-state index in [-0.39, 0.29) is 5.92 Å². The fourth-order valence-electron chi connectivity index (χ4n) is 3.31. The Morgan fingerprint density at radius 1 is 1.43 bits per heavy atom. The Kier molecular flexibility index (Phi) is 4.93. The summed E-state index contributed by atoms with van der Waals surface area (Å²) in [5.41, 5.74) is 0. The van der Waals surface area contributed by atoms with E-state index in [4.69, 9.17) is 4.74 Å². The van der Waals surface area contributed by atoms with Gasteiger partial charge in [-0.1, -0.05) is 6.07 Å². The van der Waals surface area contributed by atoms with Crippen LogP contribution in [-0.2, 0) is 9.53 Å². The number of hydrogen-bond donors (Lipinski definition) is 0. The normalized spacial score (nSPS) is 25.2. The van der Waals surface area contributed by atoms with Gasteiger partial charge in [-0.15, -0.1) is 11.3 Å². The van der Waals surface area contributed by atoms with Crippen LogP contribution in [0.25, 0.3) is 0 Å². The number of likely N-dealkylation sites (tertiary alicyclic amines) is 1. The summed E-state index contributed by atoms with van der Waals surface area (Å²) in [6.07, 6.45) is 2.28. The zero-order valence-corrected chi connectivity index (χ0v) is 13.5. The molecule has 1 aromatic heterocycles. The molecule has 0 spiro atoms. The SMILES string of the molecule is CC(C(=O)N1CCCC1CN1CCOCC1)c1cccs1. The van der Waals surface area contributed by atoms with Crippen molar-refractivity contribution >= 4 is 17.2 Å². The first-order chi connectivity index (χ1) is 10.3. The second-order valence-electron chi connectivity index (χ2n) is 5.98. The first-order valence-electron chi connectivity index (χ1n) is 7.89. The lowest BCUT2D eigenvalue weighted by molar-refractivity contribution is -0.133. The van der Waals surface area contributed by atoms with Crippen molar-refractivity contribution in [1.29, 1.82) is 0 Å². The summed E-state index contributed by atoms with van der Waals surface area (Å²) in [5.74, 6) is 0.295. The maximum atomic E-state index is 12.8. The number of ether oxygens (including phenoxy) is 1. The Bertz CT molecular complexity index is 457. The predicted octanol–water partition coefficient (Wildman–Crippen LogP) is 2.17. The molecule has 2 saturated heterocycles. The van der Waals surface area contributed by atoms with Crippen LogP contribution in [0, 0.1) is 0 Å². The summed E-state index contributed by atoms with van der Waals surface area (Å²) in [5, 5.41) is 2.05. The average Bonchev–Trinajstić information content (AvgIpc) is 3.18. The van der Waals surface area contributed by atoms with Gasteiger partial charge in [-0.25, -0.2) is 0 Å². The zero-order valence-electron chi connectivity index (χ0n) is 12.7. The number of amides is 1. The summed E-state index contributed by atoms with van der Waals surface area (Å²) in [7, 11) is 0. The number of carbonyl (C=O) groups is 1. The molecule has 1 aromatic rings. The molecule has 3 heterocycles. The third-order valence-corrected chi connectivity index (χ3v) is 5.63. The highest BCUT2D eigenvalue weighted by Gasteiger charge is 2.33. The van der Waals surface area contributed by atoms with Crippen molar-refractivity contribution in [3.63, 3.8) is 0 Å². The van der Waals surface area contributed by atoms with Crippen molar-refractivity contribution in [2.45, 2.75) is 31.7 Å². The fourth-order valence-corrected chi connectivity index (χ4v) is 4.08. The molecule has 2 aliphatic heterocycles. The van der Waals surface area contributed by atoms with E-state index < -0.39 is 0 Å². The van der Waals surface area contributed by atoms with Crippen LogP contribution in [0.5, 0.6) is 0 Å². The first-order valence-corrected chi connectivity index (χ1v) is 8.77. The van der Waals surface area contributed by atoms with E-state index in [0.29, 0.717) is 11.9 Å². The topological polar surface area (TPSA) is 32.8 Å². The second-order valence-corrected chi connectivity index (χ2v) is 6.96. The van der Waals surface area contributed by atoms with E-state index in [0.717, 1.165) is 52.2 Å². The number of morpholine rings is 1. The molecule has 0 aromatic carbocycles. The maximum Gasteiger partial charge on any atom is 0.230 e. The molecule has 0 aliphatic carbocycles. The molecule has 116 valence electrons. The average molecular weight is 308 g/mol. The molecule has 4 nitrogen and oxygen atoms in total. The summed E-state index contributed by atoms with van der Waals surface area (Å²) >= 11 is 1.68. The number of rotatable bonds is 4. The molecule has 0 saturated carbocycles. The van der Waals surface area contributed by atoms with Gasteiger partial charge in [-0.3, -0.25) is 9.69 Å². The molecule has 2 atom stereocenters. The first kappa shape index (κ1) is 15.0. The molecule has 2 aliphatic rings. The van der Waals surface area contributed by atoms with E-state index in [1.54, 1.807) is 11.3 Å². The van der Waals surface area contributed by atoms with Crippen LogP contribution in [0.1, 0.15) is 30.6 Å². The van der Waals surface area contributed by atoms with Crippen LogP contribution in [0.2, 0.25) is 0 Å². The molecular formula is C16H24N2O2S. The number of thiophene rings is 1. The van der Waals surface area contributed by atoms with Gasteiger partial charge in [0.2, 0.25) is 5.91 Å². The van der Waals surface area contributed by atoms with E-state index in [9.17, 15) is 4.79 Å². The summed E-state index contributed by atoms with van der Waals surface area (Å²) in [6.45, 7) is 7.62. The zero-order chi connectivity index (χ0) is 14.7. The largest absolute Gasteiger partial charge is 0.379 e. The van der Waals surface area contributed by atoms with E-state index >= 15 is 0 Å². The summed E-state index contributed by atoms with van der Waals surface area (Å²) in [6, 6.07) is 4.48. The van der Waals surface area contributed by atoms with Gasteiger partial charge in [0.25, 0.3) is 0 Å². The van der Waals surface area contributed by atoms with Crippen LogP contribution in [0.3, 0.4) is 0 Å². The quantitative estimate of drug-likeness (QED) is 0.854. The van der Waals surface area contributed by atoms with Gasteiger partial charge < -0.3 is 9.64 Å². The van der Waals surface area contributed by atoms with Crippen LogP contribution >= 0.6 is 11.3 Å². The van der Waals surface area contributed by atoms with Gasteiger partial charge in [0.05, 0.1) is 19.1 Å². The molecule has 21 heavy (non-hydrogen) atoms. The van der Waals surface area contributed by atoms with Crippen molar-refractivity contribution in [2.75, 3.05) is 39.4 Å². The highest BCUT2D eigenvalue weighted by atomic mass is 32.1. The Balaban J connectivity index is 1.61. The summed E-state index contributed by atoms with van der Waals surface area (Å²) in [4.78, 5) is 18.5. The molecule has 5 heteroatoms. The Morgan fingerprint density at radius 2 is 2.24 bits per heavy atom.